The van der Waals surface area contributed by atoms with Crippen molar-refractivity contribution in [2.75, 3.05) is 0 Å². The number of hydrogen-bond acceptors (Lipinski definition) is 4. The molecule has 2 rings (SSSR count). The van der Waals surface area contributed by atoms with Gasteiger partial charge in [-0.1, -0.05) is 12.1 Å². The van der Waals surface area contributed by atoms with Crippen LogP contribution < -0.4 is 5.73 Å². The summed E-state index contributed by atoms with van der Waals surface area (Å²) in [5.41, 5.74) is 5.76. The van der Waals surface area contributed by atoms with E-state index in [9.17, 15) is 0 Å². The van der Waals surface area contributed by atoms with Gasteiger partial charge in [0.25, 0.3) is 0 Å². The maximum Gasteiger partial charge on any atom is 0.227 e. The first-order valence-corrected chi connectivity index (χ1v) is 5.01. The summed E-state index contributed by atoms with van der Waals surface area (Å²) >= 11 is 0. The molecule has 1 fully saturated rings. The molecule has 1 heterocycles. The normalized spacial score (nSPS) is 19.7. The Morgan fingerprint density at radius 3 is 2.57 bits per heavy atom. The minimum absolute atomic E-state index is 0.405. The SMILES string of the molecule is CC1(Cc2nc(C(C)(C)N)no2)CC1. The van der Waals surface area contributed by atoms with Crippen LogP contribution in [-0.4, -0.2) is 10.1 Å². The monoisotopic (exact) mass is 195 g/mol. The first kappa shape index (κ1) is 9.65. The zero-order chi connectivity index (χ0) is 10.4. The highest BCUT2D eigenvalue weighted by atomic mass is 16.5. The van der Waals surface area contributed by atoms with E-state index in [4.69, 9.17) is 10.3 Å². The van der Waals surface area contributed by atoms with Gasteiger partial charge in [0.2, 0.25) is 5.89 Å². The Balaban J connectivity index is 2.10. The van der Waals surface area contributed by atoms with E-state index in [1.54, 1.807) is 0 Å². The molecule has 1 saturated carbocycles. The maximum atomic E-state index is 5.86. The molecule has 14 heavy (non-hydrogen) atoms. The summed E-state index contributed by atoms with van der Waals surface area (Å²) in [4.78, 5) is 4.30. The smallest absolute Gasteiger partial charge is 0.227 e. The van der Waals surface area contributed by atoms with Crippen LogP contribution in [0.1, 0.15) is 45.3 Å². The van der Waals surface area contributed by atoms with Gasteiger partial charge in [-0.05, 0) is 32.1 Å². The third-order valence-corrected chi connectivity index (χ3v) is 2.73. The van der Waals surface area contributed by atoms with Crippen molar-refractivity contribution in [1.29, 1.82) is 0 Å². The van der Waals surface area contributed by atoms with Crippen molar-refractivity contribution in [3.63, 3.8) is 0 Å². The second kappa shape index (κ2) is 2.79. The number of hydrogen-bond donors (Lipinski definition) is 1. The van der Waals surface area contributed by atoms with Crippen molar-refractivity contribution >= 4 is 0 Å². The van der Waals surface area contributed by atoms with E-state index >= 15 is 0 Å². The summed E-state index contributed by atoms with van der Waals surface area (Å²) in [7, 11) is 0. The molecule has 1 aromatic heterocycles. The zero-order valence-electron chi connectivity index (χ0n) is 9.00. The van der Waals surface area contributed by atoms with Crippen LogP contribution >= 0.6 is 0 Å². The van der Waals surface area contributed by atoms with E-state index in [1.165, 1.54) is 12.8 Å². The maximum absolute atomic E-state index is 5.86. The minimum Gasteiger partial charge on any atom is -0.339 e. The number of nitrogens with zero attached hydrogens (tertiary/aromatic N) is 2. The van der Waals surface area contributed by atoms with Crippen molar-refractivity contribution in [2.45, 2.75) is 45.6 Å². The van der Waals surface area contributed by atoms with E-state index in [2.05, 4.69) is 17.1 Å². The van der Waals surface area contributed by atoms with Crippen LogP contribution in [0.25, 0.3) is 0 Å². The van der Waals surface area contributed by atoms with Gasteiger partial charge < -0.3 is 10.3 Å². The molecule has 0 saturated heterocycles. The Hall–Kier alpha value is -0.900. The van der Waals surface area contributed by atoms with Crippen molar-refractivity contribution in [1.82, 2.24) is 10.1 Å². The summed E-state index contributed by atoms with van der Waals surface area (Å²) in [6, 6.07) is 0. The molecule has 78 valence electrons. The highest BCUT2D eigenvalue weighted by Gasteiger charge is 2.39. The fraction of sp³-hybridized carbons (Fsp3) is 0.800. The lowest BCUT2D eigenvalue weighted by Crippen LogP contribution is -2.30. The largest absolute Gasteiger partial charge is 0.339 e. The molecule has 4 nitrogen and oxygen atoms in total. The average Bonchev–Trinajstić information content (AvgIpc) is 2.61. The van der Waals surface area contributed by atoms with Gasteiger partial charge in [0, 0.05) is 6.42 Å². The lowest BCUT2D eigenvalue weighted by atomic mass is 10.1. The van der Waals surface area contributed by atoms with Gasteiger partial charge in [-0.25, -0.2) is 0 Å². The molecule has 1 aliphatic carbocycles. The standard InChI is InChI=1S/C10H17N3O/c1-9(2,11)8-12-7(14-13-8)6-10(3)4-5-10/h4-6,11H2,1-3H3. The van der Waals surface area contributed by atoms with Gasteiger partial charge in [0.05, 0.1) is 5.54 Å². The molecule has 0 aromatic carbocycles. The summed E-state index contributed by atoms with van der Waals surface area (Å²) in [5, 5.41) is 3.89. The molecular formula is C10H17N3O. The van der Waals surface area contributed by atoms with Crippen LogP contribution in [-0.2, 0) is 12.0 Å². The molecule has 1 aliphatic rings. The molecule has 0 unspecified atom stereocenters. The van der Waals surface area contributed by atoms with Crippen molar-refractivity contribution < 1.29 is 4.52 Å². The number of rotatable bonds is 3. The van der Waals surface area contributed by atoms with Crippen LogP contribution in [0.15, 0.2) is 4.52 Å². The fourth-order valence-electron chi connectivity index (χ4n) is 1.34. The molecule has 0 amide bonds. The second-order valence-electron chi connectivity index (χ2n) is 5.22. The van der Waals surface area contributed by atoms with Gasteiger partial charge in [0.1, 0.15) is 0 Å². The molecule has 0 atom stereocenters. The van der Waals surface area contributed by atoms with E-state index < -0.39 is 5.54 Å². The molecule has 1 aromatic rings. The predicted octanol–water partition coefficient (Wildman–Crippen LogP) is 1.61. The molecule has 0 spiro atoms. The third kappa shape index (κ3) is 1.95. The van der Waals surface area contributed by atoms with Crippen LogP contribution in [0.3, 0.4) is 0 Å². The fourth-order valence-corrected chi connectivity index (χ4v) is 1.34. The van der Waals surface area contributed by atoms with Crippen LogP contribution in [0.4, 0.5) is 0 Å². The van der Waals surface area contributed by atoms with E-state index in [1.807, 2.05) is 13.8 Å². The van der Waals surface area contributed by atoms with Gasteiger partial charge >= 0.3 is 0 Å². The molecule has 4 heteroatoms. The summed E-state index contributed by atoms with van der Waals surface area (Å²) in [6.45, 7) is 5.99. The Labute approximate surface area is 83.9 Å². The quantitative estimate of drug-likeness (QED) is 0.795. The van der Waals surface area contributed by atoms with E-state index in [0.29, 0.717) is 11.2 Å². The van der Waals surface area contributed by atoms with Gasteiger partial charge in [-0.15, -0.1) is 0 Å². The average molecular weight is 195 g/mol. The van der Waals surface area contributed by atoms with Crippen molar-refractivity contribution in [3.8, 4) is 0 Å². The molecule has 2 N–H and O–H groups in total. The molecule has 0 radical (unpaired) electrons. The summed E-state index contributed by atoms with van der Waals surface area (Å²) in [5.74, 6) is 1.32. The predicted molar refractivity (Wildman–Crippen MR) is 52.6 cm³/mol. The molecular weight excluding hydrogens is 178 g/mol. The Morgan fingerprint density at radius 1 is 1.50 bits per heavy atom. The highest BCUT2D eigenvalue weighted by Crippen LogP contribution is 2.47. The molecule has 0 bridgehead atoms. The van der Waals surface area contributed by atoms with Gasteiger partial charge in [-0.3, -0.25) is 0 Å². The second-order valence-corrected chi connectivity index (χ2v) is 5.22. The topological polar surface area (TPSA) is 64.9 Å². The van der Waals surface area contributed by atoms with E-state index in [-0.39, 0.29) is 0 Å². The first-order valence-electron chi connectivity index (χ1n) is 5.01. The van der Waals surface area contributed by atoms with Crippen LogP contribution in [0.5, 0.6) is 0 Å². The Kier molecular flexibility index (Phi) is 1.93. The minimum atomic E-state index is -0.508. The number of aromatic nitrogens is 2. The lowest BCUT2D eigenvalue weighted by Gasteiger charge is -2.11. The Bertz CT molecular complexity index is 333. The lowest BCUT2D eigenvalue weighted by molar-refractivity contribution is 0.341. The third-order valence-electron chi connectivity index (χ3n) is 2.73. The van der Waals surface area contributed by atoms with Crippen LogP contribution in [0.2, 0.25) is 0 Å². The molecule has 0 aliphatic heterocycles. The summed E-state index contributed by atoms with van der Waals surface area (Å²) in [6.07, 6.45) is 3.41. The van der Waals surface area contributed by atoms with Gasteiger partial charge in [0.15, 0.2) is 5.82 Å². The van der Waals surface area contributed by atoms with Crippen molar-refractivity contribution in [3.05, 3.63) is 11.7 Å². The highest BCUT2D eigenvalue weighted by molar-refractivity contribution is 5.02. The first-order chi connectivity index (χ1) is 6.39. The van der Waals surface area contributed by atoms with Gasteiger partial charge in [-0.2, -0.15) is 4.98 Å². The summed E-state index contributed by atoms with van der Waals surface area (Å²) < 4.78 is 5.17. The number of nitrogens with two attached hydrogens (primary N) is 1. The van der Waals surface area contributed by atoms with Crippen molar-refractivity contribution in [2.24, 2.45) is 11.1 Å². The zero-order valence-corrected chi connectivity index (χ0v) is 9.00. The Morgan fingerprint density at radius 2 is 2.14 bits per heavy atom. The van der Waals surface area contributed by atoms with E-state index in [0.717, 1.165) is 12.3 Å². The van der Waals surface area contributed by atoms with Crippen LogP contribution in [0, 0.1) is 5.41 Å².